The van der Waals surface area contributed by atoms with Gasteiger partial charge in [-0.15, -0.1) is 0 Å². The second-order valence-electron chi connectivity index (χ2n) is 5.03. The van der Waals surface area contributed by atoms with E-state index in [0.29, 0.717) is 12.5 Å². The highest BCUT2D eigenvalue weighted by Gasteiger charge is 2.37. The van der Waals surface area contributed by atoms with Gasteiger partial charge in [-0.1, -0.05) is 31.9 Å². The van der Waals surface area contributed by atoms with Crippen LogP contribution in [-0.4, -0.2) is 11.7 Å². The SMILES string of the molecule is CCOc1cccc(C2(O)CCCCC2C)c1. The van der Waals surface area contributed by atoms with E-state index in [1.807, 2.05) is 31.2 Å². The van der Waals surface area contributed by atoms with Crippen molar-refractivity contribution in [3.63, 3.8) is 0 Å². The minimum Gasteiger partial charge on any atom is -0.494 e. The van der Waals surface area contributed by atoms with Gasteiger partial charge in [-0.3, -0.25) is 0 Å². The first-order chi connectivity index (χ1) is 8.16. The maximum atomic E-state index is 10.8. The standard InChI is InChI=1S/C15H22O2/c1-3-17-14-9-6-8-13(11-14)15(16)10-5-4-7-12(15)2/h6,8-9,11-12,16H,3-5,7,10H2,1-2H3. The normalized spacial score (nSPS) is 29.0. The highest BCUT2D eigenvalue weighted by Crippen LogP contribution is 2.42. The minimum absolute atomic E-state index is 0.327. The fraction of sp³-hybridized carbons (Fsp3) is 0.600. The zero-order chi connectivity index (χ0) is 12.3. The molecule has 1 aliphatic carbocycles. The predicted octanol–water partition coefficient (Wildman–Crippen LogP) is 3.48. The van der Waals surface area contributed by atoms with Gasteiger partial charge >= 0.3 is 0 Å². The van der Waals surface area contributed by atoms with E-state index in [1.165, 1.54) is 6.42 Å². The molecule has 1 saturated carbocycles. The Morgan fingerprint density at radius 2 is 2.24 bits per heavy atom. The summed E-state index contributed by atoms with van der Waals surface area (Å²) in [6.07, 6.45) is 4.31. The third-order valence-electron chi connectivity index (χ3n) is 3.91. The van der Waals surface area contributed by atoms with Crippen LogP contribution in [0.5, 0.6) is 5.75 Å². The molecule has 1 aliphatic rings. The Bertz CT molecular complexity index is 375. The zero-order valence-corrected chi connectivity index (χ0v) is 10.8. The number of rotatable bonds is 3. The molecule has 1 aromatic rings. The highest BCUT2D eigenvalue weighted by atomic mass is 16.5. The van der Waals surface area contributed by atoms with E-state index in [4.69, 9.17) is 4.74 Å². The van der Waals surface area contributed by atoms with Crippen LogP contribution in [0.1, 0.15) is 45.1 Å². The summed E-state index contributed by atoms with van der Waals surface area (Å²) >= 11 is 0. The summed E-state index contributed by atoms with van der Waals surface area (Å²) in [5, 5.41) is 10.8. The largest absolute Gasteiger partial charge is 0.494 e. The van der Waals surface area contributed by atoms with E-state index in [2.05, 4.69) is 6.92 Å². The number of hydrogen-bond donors (Lipinski definition) is 1. The van der Waals surface area contributed by atoms with Gasteiger partial charge < -0.3 is 9.84 Å². The van der Waals surface area contributed by atoms with E-state index >= 15 is 0 Å². The van der Waals surface area contributed by atoms with Gasteiger partial charge in [0.1, 0.15) is 5.75 Å². The Balaban J connectivity index is 2.28. The minimum atomic E-state index is -0.661. The molecule has 0 aromatic heterocycles. The van der Waals surface area contributed by atoms with Crippen LogP contribution in [0.15, 0.2) is 24.3 Å². The lowest BCUT2D eigenvalue weighted by molar-refractivity contribution is -0.0471. The summed E-state index contributed by atoms with van der Waals surface area (Å²) in [7, 11) is 0. The van der Waals surface area contributed by atoms with Crippen LogP contribution in [0.25, 0.3) is 0 Å². The monoisotopic (exact) mass is 234 g/mol. The molecule has 0 spiro atoms. The van der Waals surface area contributed by atoms with Crippen LogP contribution in [0.2, 0.25) is 0 Å². The average Bonchev–Trinajstić information content (AvgIpc) is 2.34. The van der Waals surface area contributed by atoms with Crippen molar-refractivity contribution in [2.75, 3.05) is 6.61 Å². The Kier molecular flexibility index (Phi) is 3.72. The van der Waals surface area contributed by atoms with Crippen molar-refractivity contribution < 1.29 is 9.84 Å². The molecule has 2 nitrogen and oxygen atoms in total. The molecular formula is C15H22O2. The van der Waals surface area contributed by atoms with Crippen LogP contribution < -0.4 is 4.74 Å². The first kappa shape index (κ1) is 12.4. The molecular weight excluding hydrogens is 212 g/mol. The lowest BCUT2D eigenvalue weighted by Crippen LogP contribution is -2.36. The van der Waals surface area contributed by atoms with Gasteiger partial charge in [0.05, 0.1) is 12.2 Å². The first-order valence-corrected chi connectivity index (χ1v) is 6.62. The number of hydrogen-bond acceptors (Lipinski definition) is 2. The van der Waals surface area contributed by atoms with E-state index in [9.17, 15) is 5.11 Å². The lowest BCUT2D eigenvalue weighted by Gasteiger charge is -2.38. The van der Waals surface area contributed by atoms with Gasteiger partial charge in [0.25, 0.3) is 0 Å². The van der Waals surface area contributed by atoms with E-state index in [0.717, 1.165) is 30.6 Å². The molecule has 0 bridgehead atoms. The van der Waals surface area contributed by atoms with Crippen molar-refractivity contribution in [2.24, 2.45) is 5.92 Å². The molecule has 1 N–H and O–H groups in total. The molecule has 0 amide bonds. The number of ether oxygens (including phenoxy) is 1. The van der Waals surface area contributed by atoms with Crippen molar-refractivity contribution in [3.05, 3.63) is 29.8 Å². The lowest BCUT2D eigenvalue weighted by atomic mass is 9.72. The first-order valence-electron chi connectivity index (χ1n) is 6.62. The van der Waals surface area contributed by atoms with Crippen molar-refractivity contribution >= 4 is 0 Å². The van der Waals surface area contributed by atoms with Gasteiger partial charge in [-0.2, -0.15) is 0 Å². The predicted molar refractivity (Wildman–Crippen MR) is 69.1 cm³/mol. The molecule has 0 radical (unpaired) electrons. The van der Waals surface area contributed by atoms with Gasteiger partial charge in [-0.05, 0) is 43.4 Å². The Hall–Kier alpha value is -1.02. The summed E-state index contributed by atoms with van der Waals surface area (Å²) in [6, 6.07) is 7.93. The second kappa shape index (κ2) is 5.09. The fourth-order valence-electron chi connectivity index (χ4n) is 2.78. The van der Waals surface area contributed by atoms with Crippen molar-refractivity contribution in [1.29, 1.82) is 0 Å². The van der Waals surface area contributed by atoms with Crippen LogP contribution in [0, 0.1) is 5.92 Å². The molecule has 2 unspecified atom stereocenters. The number of benzene rings is 1. The van der Waals surface area contributed by atoms with Crippen LogP contribution >= 0.6 is 0 Å². The molecule has 2 atom stereocenters. The molecule has 17 heavy (non-hydrogen) atoms. The second-order valence-corrected chi connectivity index (χ2v) is 5.03. The van der Waals surface area contributed by atoms with Crippen molar-refractivity contribution in [3.8, 4) is 5.75 Å². The summed E-state index contributed by atoms with van der Waals surface area (Å²) in [4.78, 5) is 0. The molecule has 94 valence electrons. The maximum Gasteiger partial charge on any atom is 0.119 e. The molecule has 0 saturated heterocycles. The quantitative estimate of drug-likeness (QED) is 0.867. The molecule has 2 heteroatoms. The van der Waals surface area contributed by atoms with E-state index in [-0.39, 0.29) is 0 Å². The molecule has 1 aromatic carbocycles. The fourth-order valence-corrected chi connectivity index (χ4v) is 2.78. The van der Waals surface area contributed by atoms with Gasteiger partial charge in [0.2, 0.25) is 0 Å². The van der Waals surface area contributed by atoms with E-state index < -0.39 is 5.60 Å². The van der Waals surface area contributed by atoms with E-state index in [1.54, 1.807) is 0 Å². The zero-order valence-electron chi connectivity index (χ0n) is 10.8. The Morgan fingerprint density at radius 3 is 2.94 bits per heavy atom. The molecule has 2 rings (SSSR count). The average molecular weight is 234 g/mol. The Labute approximate surface area is 104 Å². The topological polar surface area (TPSA) is 29.5 Å². The third kappa shape index (κ3) is 2.47. The van der Waals surface area contributed by atoms with Gasteiger partial charge in [-0.25, -0.2) is 0 Å². The van der Waals surface area contributed by atoms with Crippen LogP contribution in [-0.2, 0) is 5.60 Å². The van der Waals surface area contributed by atoms with Crippen LogP contribution in [0.3, 0.4) is 0 Å². The molecule has 0 aliphatic heterocycles. The third-order valence-corrected chi connectivity index (χ3v) is 3.91. The molecule has 1 fully saturated rings. The smallest absolute Gasteiger partial charge is 0.119 e. The maximum absolute atomic E-state index is 10.8. The molecule has 0 heterocycles. The van der Waals surface area contributed by atoms with Gasteiger partial charge in [0, 0.05) is 0 Å². The van der Waals surface area contributed by atoms with Crippen molar-refractivity contribution in [2.45, 2.75) is 45.1 Å². The number of aliphatic hydroxyl groups is 1. The van der Waals surface area contributed by atoms with Crippen LogP contribution in [0.4, 0.5) is 0 Å². The van der Waals surface area contributed by atoms with Gasteiger partial charge in [0.15, 0.2) is 0 Å². The van der Waals surface area contributed by atoms with Crippen molar-refractivity contribution in [1.82, 2.24) is 0 Å². The summed E-state index contributed by atoms with van der Waals surface area (Å²) in [5.74, 6) is 1.18. The summed E-state index contributed by atoms with van der Waals surface area (Å²) in [5.41, 5.74) is 0.349. The highest BCUT2D eigenvalue weighted by molar-refractivity contribution is 5.33. The Morgan fingerprint density at radius 1 is 1.41 bits per heavy atom. The summed E-state index contributed by atoms with van der Waals surface area (Å²) < 4.78 is 5.51. The summed E-state index contributed by atoms with van der Waals surface area (Å²) in [6.45, 7) is 4.79.